The molecule has 0 N–H and O–H groups in total. The summed E-state index contributed by atoms with van der Waals surface area (Å²) < 4.78 is 3.68. The topological polar surface area (TPSA) is 35.1 Å². The minimum Gasteiger partial charge on any atom is -0.303 e. The minimum atomic E-state index is 0.855. The third-order valence-electron chi connectivity index (χ3n) is 2.40. The van der Waals surface area contributed by atoms with Crippen LogP contribution in [0.1, 0.15) is 0 Å². The average Bonchev–Trinajstić information content (AvgIpc) is 2.83. The molecule has 4 nitrogen and oxygen atoms in total. The standard InChI is InChI=1S/C11H10N4/c1-14-8-12-15-7-10(13-11(14)15)9-5-3-2-4-6-9/h2-8H,1H3. The first-order valence-electron chi connectivity index (χ1n) is 4.77. The number of aromatic nitrogens is 4. The lowest BCUT2D eigenvalue weighted by molar-refractivity contribution is 0.931. The van der Waals surface area contributed by atoms with E-state index in [-0.39, 0.29) is 0 Å². The highest BCUT2D eigenvalue weighted by Crippen LogP contribution is 2.17. The van der Waals surface area contributed by atoms with Crippen LogP contribution in [-0.2, 0) is 7.05 Å². The van der Waals surface area contributed by atoms with Gasteiger partial charge in [0, 0.05) is 12.6 Å². The van der Waals surface area contributed by atoms with Gasteiger partial charge in [-0.25, -0.2) is 9.50 Å². The smallest absolute Gasteiger partial charge is 0.232 e. The van der Waals surface area contributed by atoms with Crippen molar-refractivity contribution in [3.63, 3.8) is 0 Å². The first-order valence-corrected chi connectivity index (χ1v) is 4.77. The van der Waals surface area contributed by atoms with Gasteiger partial charge in [0.1, 0.15) is 6.33 Å². The molecule has 3 rings (SSSR count). The van der Waals surface area contributed by atoms with Gasteiger partial charge < -0.3 is 4.57 Å². The van der Waals surface area contributed by atoms with E-state index >= 15 is 0 Å². The molecule has 2 heterocycles. The van der Waals surface area contributed by atoms with E-state index in [0.29, 0.717) is 0 Å². The zero-order chi connectivity index (χ0) is 10.3. The van der Waals surface area contributed by atoms with Crippen molar-refractivity contribution in [1.29, 1.82) is 0 Å². The first kappa shape index (κ1) is 8.23. The van der Waals surface area contributed by atoms with Gasteiger partial charge in [-0.15, -0.1) is 0 Å². The summed E-state index contributed by atoms with van der Waals surface area (Å²) >= 11 is 0. The average molecular weight is 198 g/mol. The van der Waals surface area contributed by atoms with Crippen molar-refractivity contribution in [3.05, 3.63) is 42.9 Å². The van der Waals surface area contributed by atoms with Crippen molar-refractivity contribution >= 4 is 5.78 Å². The van der Waals surface area contributed by atoms with Crippen molar-refractivity contribution < 1.29 is 0 Å². The van der Waals surface area contributed by atoms with Gasteiger partial charge in [-0.2, -0.15) is 5.10 Å². The summed E-state index contributed by atoms with van der Waals surface area (Å²) in [5, 5.41) is 4.18. The molecule has 0 saturated heterocycles. The Morgan fingerprint density at radius 1 is 1.13 bits per heavy atom. The van der Waals surface area contributed by atoms with E-state index in [1.54, 1.807) is 10.8 Å². The normalized spacial score (nSPS) is 11.0. The minimum absolute atomic E-state index is 0.855. The Balaban J connectivity index is 2.20. The van der Waals surface area contributed by atoms with Gasteiger partial charge in [0.2, 0.25) is 5.78 Å². The molecule has 0 saturated carbocycles. The Morgan fingerprint density at radius 3 is 2.67 bits per heavy atom. The summed E-state index contributed by atoms with van der Waals surface area (Å²) in [4.78, 5) is 4.51. The molecule has 0 bridgehead atoms. The van der Waals surface area contributed by atoms with Gasteiger partial charge in [0.05, 0.1) is 11.9 Å². The summed E-state index contributed by atoms with van der Waals surface area (Å²) in [6.45, 7) is 0. The number of hydrogen-bond donors (Lipinski definition) is 0. The second kappa shape index (κ2) is 2.95. The van der Waals surface area contributed by atoms with E-state index in [1.165, 1.54) is 0 Å². The van der Waals surface area contributed by atoms with E-state index in [0.717, 1.165) is 17.0 Å². The van der Waals surface area contributed by atoms with Crippen molar-refractivity contribution in [2.45, 2.75) is 0 Å². The molecule has 0 fully saturated rings. The second-order valence-electron chi connectivity index (χ2n) is 3.48. The molecular weight excluding hydrogens is 188 g/mol. The summed E-state index contributed by atoms with van der Waals surface area (Å²) in [6, 6.07) is 10.1. The largest absolute Gasteiger partial charge is 0.303 e. The zero-order valence-corrected chi connectivity index (χ0v) is 8.33. The van der Waals surface area contributed by atoms with Crippen LogP contribution in [0.4, 0.5) is 0 Å². The monoisotopic (exact) mass is 198 g/mol. The van der Waals surface area contributed by atoms with E-state index in [9.17, 15) is 0 Å². The molecule has 4 heteroatoms. The summed E-state index contributed by atoms with van der Waals surface area (Å²) in [7, 11) is 1.93. The first-order chi connectivity index (χ1) is 7.34. The molecule has 0 aliphatic carbocycles. The fourth-order valence-electron chi connectivity index (χ4n) is 1.62. The maximum absolute atomic E-state index is 4.51. The summed E-state index contributed by atoms with van der Waals surface area (Å²) in [6.07, 6.45) is 3.68. The lowest BCUT2D eigenvalue weighted by atomic mass is 10.2. The molecule has 0 amide bonds. The molecule has 2 aromatic heterocycles. The van der Waals surface area contributed by atoms with Crippen molar-refractivity contribution in [1.82, 2.24) is 19.2 Å². The van der Waals surface area contributed by atoms with Gasteiger partial charge in [-0.1, -0.05) is 30.3 Å². The summed E-state index contributed by atoms with van der Waals surface area (Å²) in [5.74, 6) is 0.855. The number of hydrogen-bond acceptors (Lipinski definition) is 2. The molecule has 0 aliphatic rings. The Hall–Kier alpha value is -2.10. The fraction of sp³-hybridized carbons (Fsp3) is 0.0909. The molecule has 1 aromatic carbocycles. The molecular formula is C11H10N4. The van der Waals surface area contributed by atoms with Crippen LogP contribution in [0.2, 0.25) is 0 Å². The quantitative estimate of drug-likeness (QED) is 0.597. The van der Waals surface area contributed by atoms with Gasteiger partial charge in [0.25, 0.3) is 0 Å². The van der Waals surface area contributed by atoms with Gasteiger partial charge >= 0.3 is 0 Å². The number of imidazole rings is 1. The number of fused-ring (bicyclic) bond motifs is 1. The Morgan fingerprint density at radius 2 is 1.93 bits per heavy atom. The van der Waals surface area contributed by atoms with Crippen LogP contribution in [0.5, 0.6) is 0 Å². The van der Waals surface area contributed by atoms with Crippen LogP contribution in [0.25, 0.3) is 17.0 Å². The Kier molecular flexibility index (Phi) is 1.62. The van der Waals surface area contributed by atoms with Crippen molar-refractivity contribution in [3.8, 4) is 11.3 Å². The third-order valence-corrected chi connectivity index (χ3v) is 2.40. The molecule has 3 aromatic rings. The number of benzene rings is 1. The van der Waals surface area contributed by atoms with E-state index in [2.05, 4.69) is 10.1 Å². The number of aryl methyl sites for hydroxylation is 1. The van der Waals surface area contributed by atoms with Gasteiger partial charge in [0.15, 0.2) is 0 Å². The maximum atomic E-state index is 4.51. The van der Waals surface area contributed by atoms with Crippen LogP contribution in [0.3, 0.4) is 0 Å². The van der Waals surface area contributed by atoms with Crippen LogP contribution in [-0.4, -0.2) is 19.2 Å². The van der Waals surface area contributed by atoms with Crippen molar-refractivity contribution in [2.24, 2.45) is 7.05 Å². The highest BCUT2D eigenvalue weighted by atomic mass is 15.4. The molecule has 74 valence electrons. The highest BCUT2D eigenvalue weighted by molar-refractivity contribution is 5.60. The van der Waals surface area contributed by atoms with Crippen molar-refractivity contribution in [2.75, 3.05) is 0 Å². The maximum Gasteiger partial charge on any atom is 0.232 e. The second-order valence-corrected chi connectivity index (χ2v) is 3.48. The van der Waals surface area contributed by atoms with Crippen LogP contribution >= 0.6 is 0 Å². The molecule has 0 aliphatic heterocycles. The van der Waals surface area contributed by atoms with Gasteiger partial charge in [-0.05, 0) is 0 Å². The van der Waals surface area contributed by atoms with Crippen LogP contribution in [0, 0.1) is 0 Å². The Labute approximate surface area is 86.8 Å². The van der Waals surface area contributed by atoms with Gasteiger partial charge in [-0.3, -0.25) is 0 Å². The number of rotatable bonds is 1. The van der Waals surface area contributed by atoms with E-state index in [1.807, 2.05) is 48.1 Å². The zero-order valence-electron chi connectivity index (χ0n) is 8.33. The predicted octanol–water partition coefficient (Wildman–Crippen LogP) is 1.73. The third kappa shape index (κ3) is 1.22. The number of nitrogens with zero attached hydrogens (tertiary/aromatic N) is 4. The molecule has 0 atom stereocenters. The molecule has 0 radical (unpaired) electrons. The predicted molar refractivity (Wildman–Crippen MR) is 57.4 cm³/mol. The SMILES string of the molecule is Cn1cnn2cc(-c3ccccc3)nc12. The fourth-order valence-corrected chi connectivity index (χ4v) is 1.62. The molecule has 0 unspecified atom stereocenters. The highest BCUT2D eigenvalue weighted by Gasteiger charge is 2.06. The lowest BCUT2D eigenvalue weighted by Crippen LogP contribution is -1.86. The van der Waals surface area contributed by atoms with E-state index < -0.39 is 0 Å². The summed E-state index contributed by atoms with van der Waals surface area (Å²) in [5.41, 5.74) is 2.07. The van der Waals surface area contributed by atoms with Crippen LogP contribution in [0.15, 0.2) is 42.9 Å². The Bertz CT molecular complexity index is 591. The molecule has 15 heavy (non-hydrogen) atoms. The lowest BCUT2D eigenvalue weighted by Gasteiger charge is -1.93. The van der Waals surface area contributed by atoms with Crippen LogP contribution < -0.4 is 0 Å². The molecule has 0 spiro atoms. The van der Waals surface area contributed by atoms with E-state index in [4.69, 9.17) is 0 Å².